The Morgan fingerprint density at radius 1 is 1.21 bits per heavy atom. The van der Waals surface area contributed by atoms with E-state index < -0.39 is 16.1 Å². The SMILES string of the molecule is C=CCNC(=O)c1cccc(S(=O)(=O)NC(c2ccccc2)c2n[nH]c(C)n2)c1. The van der Waals surface area contributed by atoms with E-state index in [9.17, 15) is 13.2 Å². The third kappa shape index (κ3) is 4.95. The molecule has 3 aromatic rings. The van der Waals surface area contributed by atoms with Crippen LogP contribution in [-0.2, 0) is 10.0 Å². The van der Waals surface area contributed by atoms with Crippen LogP contribution >= 0.6 is 0 Å². The minimum atomic E-state index is -3.97. The number of benzene rings is 2. The number of nitrogens with one attached hydrogen (secondary N) is 3. The topological polar surface area (TPSA) is 117 Å². The van der Waals surface area contributed by atoms with Crippen LogP contribution in [0.5, 0.6) is 0 Å². The van der Waals surface area contributed by atoms with Gasteiger partial charge in [-0.1, -0.05) is 42.5 Å². The summed E-state index contributed by atoms with van der Waals surface area (Å²) in [4.78, 5) is 16.4. The Morgan fingerprint density at radius 2 is 1.97 bits per heavy atom. The fourth-order valence-electron chi connectivity index (χ4n) is 2.70. The molecule has 0 spiro atoms. The number of hydrogen-bond donors (Lipinski definition) is 3. The average molecular weight is 411 g/mol. The number of aromatic nitrogens is 3. The zero-order valence-electron chi connectivity index (χ0n) is 15.8. The Hall–Kier alpha value is -3.30. The summed E-state index contributed by atoms with van der Waals surface area (Å²) < 4.78 is 28.8. The molecule has 9 heteroatoms. The normalized spacial score (nSPS) is 12.3. The van der Waals surface area contributed by atoms with Crippen LogP contribution in [0.3, 0.4) is 0 Å². The molecule has 2 aromatic carbocycles. The van der Waals surface area contributed by atoms with E-state index in [1.807, 2.05) is 6.07 Å². The highest BCUT2D eigenvalue weighted by Crippen LogP contribution is 2.22. The smallest absolute Gasteiger partial charge is 0.251 e. The third-order valence-corrected chi connectivity index (χ3v) is 5.51. The molecule has 0 radical (unpaired) electrons. The van der Waals surface area contributed by atoms with Gasteiger partial charge in [0.25, 0.3) is 5.91 Å². The van der Waals surface area contributed by atoms with Crippen molar-refractivity contribution >= 4 is 15.9 Å². The lowest BCUT2D eigenvalue weighted by Crippen LogP contribution is -2.30. The van der Waals surface area contributed by atoms with Gasteiger partial charge in [-0.15, -0.1) is 6.58 Å². The summed E-state index contributed by atoms with van der Waals surface area (Å²) >= 11 is 0. The number of H-pyrrole nitrogens is 1. The van der Waals surface area contributed by atoms with Gasteiger partial charge in [-0.25, -0.2) is 13.4 Å². The molecule has 0 bridgehead atoms. The van der Waals surface area contributed by atoms with E-state index in [1.165, 1.54) is 18.2 Å². The number of sulfonamides is 1. The van der Waals surface area contributed by atoms with E-state index in [-0.39, 0.29) is 22.9 Å². The van der Waals surface area contributed by atoms with Gasteiger partial charge >= 0.3 is 0 Å². The van der Waals surface area contributed by atoms with Crippen molar-refractivity contribution in [2.75, 3.05) is 6.54 Å². The Kier molecular flexibility index (Phi) is 6.20. The maximum atomic E-state index is 13.1. The third-order valence-electron chi connectivity index (χ3n) is 4.09. The zero-order valence-corrected chi connectivity index (χ0v) is 16.6. The second kappa shape index (κ2) is 8.80. The van der Waals surface area contributed by atoms with E-state index in [4.69, 9.17) is 0 Å². The summed E-state index contributed by atoms with van der Waals surface area (Å²) in [6, 6.07) is 14.1. The van der Waals surface area contributed by atoms with E-state index in [0.29, 0.717) is 17.2 Å². The summed E-state index contributed by atoms with van der Waals surface area (Å²) in [7, 11) is -3.97. The molecule has 150 valence electrons. The number of rotatable bonds is 8. The van der Waals surface area contributed by atoms with Crippen LogP contribution in [0.25, 0.3) is 0 Å². The number of aromatic amines is 1. The summed E-state index contributed by atoms with van der Waals surface area (Å²) in [6.45, 7) is 5.56. The quantitative estimate of drug-likeness (QED) is 0.491. The van der Waals surface area contributed by atoms with Crippen LogP contribution < -0.4 is 10.0 Å². The van der Waals surface area contributed by atoms with Gasteiger partial charge in [-0.2, -0.15) is 9.82 Å². The largest absolute Gasteiger partial charge is 0.349 e. The zero-order chi connectivity index (χ0) is 20.9. The highest BCUT2D eigenvalue weighted by atomic mass is 32.2. The molecule has 1 atom stereocenters. The van der Waals surface area contributed by atoms with Crippen molar-refractivity contribution in [2.45, 2.75) is 17.9 Å². The monoisotopic (exact) mass is 411 g/mol. The fourth-order valence-corrected chi connectivity index (χ4v) is 3.93. The Labute approximate surface area is 169 Å². The predicted octanol–water partition coefficient (Wildman–Crippen LogP) is 2.10. The molecule has 3 rings (SSSR count). The molecule has 8 nitrogen and oxygen atoms in total. The van der Waals surface area contributed by atoms with E-state index >= 15 is 0 Å². The highest BCUT2D eigenvalue weighted by Gasteiger charge is 2.26. The van der Waals surface area contributed by atoms with Crippen LogP contribution in [0.4, 0.5) is 0 Å². The van der Waals surface area contributed by atoms with Crippen molar-refractivity contribution < 1.29 is 13.2 Å². The lowest BCUT2D eigenvalue weighted by molar-refractivity contribution is 0.0958. The number of carbonyl (C=O) groups excluding carboxylic acids is 1. The van der Waals surface area contributed by atoms with E-state index in [0.717, 1.165) is 0 Å². The van der Waals surface area contributed by atoms with Gasteiger partial charge in [0.1, 0.15) is 11.9 Å². The van der Waals surface area contributed by atoms with E-state index in [1.54, 1.807) is 43.3 Å². The molecule has 0 aliphatic carbocycles. The molecule has 0 aliphatic rings. The maximum Gasteiger partial charge on any atom is 0.251 e. The van der Waals surface area contributed by atoms with Gasteiger partial charge in [-0.05, 0) is 30.7 Å². The summed E-state index contributed by atoms with van der Waals surface area (Å²) in [6.07, 6.45) is 1.55. The van der Waals surface area contributed by atoms with Crippen molar-refractivity contribution in [1.29, 1.82) is 0 Å². The van der Waals surface area contributed by atoms with Gasteiger partial charge in [0, 0.05) is 12.1 Å². The van der Waals surface area contributed by atoms with Gasteiger partial charge in [0.05, 0.1) is 4.90 Å². The predicted molar refractivity (Wildman–Crippen MR) is 109 cm³/mol. The Morgan fingerprint density at radius 3 is 2.62 bits per heavy atom. The molecule has 0 fully saturated rings. The van der Waals surface area contributed by atoms with Crippen molar-refractivity contribution in [3.63, 3.8) is 0 Å². The van der Waals surface area contributed by atoms with Crippen molar-refractivity contribution in [1.82, 2.24) is 25.2 Å². The Bertz CT molecular complexity index is 1110. The number of aryl methyl sites for hydroxylation is 1. The second-order valence-electron chi connectivity index (χ2n) is 6.27. The molecular formula is C20H21N5O3S. The lowest BCUT2D eigenvalue weighted by Gasteiger charge is -2.17. The van der Waals surface area contributed by atoms with Gasteiger partial charge < -0.3 is 5.32 Å². The van der Waals surface area contributed by atoms with Gasteiger partial charge in [0.15, 0.2) is 5.82 Å². The Balaban J connectivity index is 1.93. The molecule has 0 aliphatic heterocycles. The number of nitrogens with zero attached hydrogens (tertiary/aromatic N) is 2. The first kappa shape index (κ1) is 20.4. The highest BCUT2D eigenvalue weighted by molar-refractivity contribution is 7.89. The van der Waals surface area contributed by atoms with Crippen molar-refractivity contribution in [3.05, 3.63) is 90.0 Å². The molecule has 1 unspecified atom stereocenters. The fraction of sp³-hybridized carbons (Fsp3) is 0.150. The summed E-state index contributed by atoms with van der Waals surface area (Å²) in [5.74, 6) is 0.490. The molecule has 0 saturated heterocycles. The van der Waals surface area contributed by atoms with Gasteiger partial charge in [0.2, 0.25) is 10.0 Å². The lowest BCUT2D eigenvalue weighted by atomic mass is 10.1. The second-order valence-corrected chi connectivity index (χ2v) is 7.98. The van der Waals surface area contributed by atoms with Crippen LogP contribution in [0.1, 0.15) is 33.6 Å². The van der Waals surface area contributed by atoms with Crippen molar-refractivity contribution in [2.24, 2.45) is 0 Å². The number of carbonyl (C=O) groups is 1. The van der Waals surface area contributed by atoms with E-state index in [2.05, 4.69) is 31.8 Å². The first-order chi connectivity index (χ1) is 13.9. The average Bonchev–Trinajstić information content (AvgIpc) is 3.17. The molecule has 1 aromatic heterocycles. The first-order valence-corrected chi connectivity index (χ1v) is 10.3. The molecule has 0 saturated carbocycles. The van der Waals surface area contributed by atoms with Crippen LogP contribution in [0.15, 0.2) is 72.1 Å². The number of amides is 1. The first-order valence-electron chi connectivity index (χ1n) is 8.86. The molecule has 3 N–H and O–H groups in total. The van der Waals surface area contributed by atoms with Crippen LogP contribution in [-0.4, -0.2) is 36.1 Å². The molecule has 1 heterocycles. The standard InChI is InChI=1S/C20H21N5O3S/c1-3-12-21-20(26)16-10-7-11-17(13-16)29(27,28)25-18(15-8-5-4-6-9-15)19-22-14(2)23-24-19/h3-11,13,18,25H,1,12H2,2H3,(H,21,26)(H,22,23,24). The molecular weight excluding hydrogens is 390 g/mol. The molecule has 1 amide bonds. The molecule has 29 heavy (non-hydrogen) atoms. The van der Waals surface area contributed by atoms with Gasteiger partial charge in [-0.3, -0.25) is 9.89 Å². The van der Waals surface area contributed by atoms with Crippen LogP contribution in [0.2, 0.25) is 0 Å². The number of hydrogen-bond acceptors (Lipinski definition) is 5. The summed E-state index contributed by atoms with van der Waals surface area (Å²) in [5, 5.41) is 9.47. The van der Waals surface area contributed by atoms with Crippen LogP contribution in [0, 0.1) is 6.92 Å². The minimum absolute atomic E-state index is 0.0306. The van der Waals surface area contributed by atoms with Crippen molar-refractivity contribution in [3.8, 4) is 0 Å². The maximum absolute atomic E-state index is 13.1. The minimum Gasteiger partial charge on any atom is -0.349 e. The summed E-state index contributed by atoms with van der Waals surface area (Å²) in [5.41, 5.74) is 0.926.